The highest BCUT2D eigenvalue weighted by atomic mass is 16.5. The van der Waals surface area contributed by atoms with Crippen molar-refractivity contribution in [3.05, 3.63) is 93.0 Å². The molecule has 4 nitrogen and oxygen atoms in total. The van der Waals surface area contributed by atoms with Crippen molar-refractivity contribution in [3.63, 3.8) is 0 Å². The molecule has 0 saturated heterocycles. The molecule has 4 heteroatoms. The molecule has 40 heavy (non-hydrogen) atoms. The Kier molecular flexibility index (Phi) is 8.97. The second-order valence-electron chi connectivity index (χ2n) is 12.1. The lowest BCUT2D eigenvalue weighted by Crippen LogP contribution is -2.12. The molecule has 3 aromatic rings. The SMILES string of the molecule is CC(=O)Oc1ccc(C(C)(C)C)cc1C#Cc1cc(C)c(C)cc1C#Cc1cc(C(C)(C)C)ccc1OC(C)=O. The summed E-state index contributed by atoms with van der Waals surface area (Å²) in [6, 6.07) is 15.5. The van der Waals surface area contributed by atoms with Crippen LogP contribution in [0.3, 0.4) is 0 Å². The number of carbonyl (C=O) groups is 2. The van der Waals surface area contributed by atoms with Gasteiger partial charge in [0.15, 0.2) is 0 Å². The van der Waals surface area contributed by atoms with Crippen LogP contribution >= 0.6 is 0 Å². The van der Waals surface area contributed by atoms with Gasteiger partial charge in [-0.1, -0.05) is 77.4 Å². The third-order valence-electron chi connectivity index (χ3n) is 6.50. The monoisotopic (exact) mass is 534 g/mol. The molecular weight excluding hydrogens is 496 g/mol. The molecule has 0 N–H and O–H groups in total. The normalized spacial score (nSPS) is 11.1. The number of benzene rings is 3. The Labute approximate surface area is 239 Å². The van der Waals surface area contributed by atoms with E-state index in [1.807, 2.05) is 50.2 Å². The summed E-state index contributed by atoms with van der Waals surface area (Å²) >= 11 is 0. The van der Waals surface area contributed by atoms with Crippen LogP contribution in [0.5, 0.6) is 11.5 Å². The van der Waals surface area contributed by atoms with E-state index in [9.17, 15) is 9.59 Å². The summed E-state index contributed by atoms with van der Waals surface area (Å²) in [7, 11) is 0. The molecule has 0 aromatic heterocycles. The van der Waals surface area contributed by atoms with Gasteiger partial charge in [0, 0.05) is 25.0 Å². The number of carbonyl (C=O) groups excluding carboxylic acids is 2. The van der Waals surface area contributed by atoms with Crippen LogP contribution in [0, 0.1) is 37.5 Å². The number of rotatable bonds is 2. The Morgan fingerprint density at radius 3 is 1.18 bits per heavy atom. The van der Waals surface area contributed by atoms with Crippen molar-refractivity contribution in [1.29, 1.82) is 0 Å². The first kappa shape index (κ1) is 30.3. The molecule has 0 heterocycles. The predicted molar refractivity (Wildman–Crippen MR) is 161 cm³/mol. The molecule has 0 atom stereocenters. The lowest BCUT2D eigenvalue weighted by molar-refractivity contribution is -0.132. The average Bonchev–Trinajstić information content (AvgIpc) is 2.83. The molecule has 3 rings (SSSR count). The van der Waals surface area contributed by atoms with Gasteiger partial charge in [-0.05, 0) is 83.3 Å². The molecule has 0 fully saturated rings. The van der Waals surface area contributed by atoms with E-state index < -0.39 is 11.9 Å². The van der Waals surface area contributed by atoms with Gasteiger partial charge in [0.2, 0.25) is 0 Å². The third kappa shape index (κ3) is 7.87. The van der Waals surface area contributed by atoms with Crippen LogP contribution in [0.4, 0.5) is 0 Å². The zero-order valence-electron chi connectivity index (χ0n) is 25.3. The molecule has 206 valence electrons. The first-order valence-corrected chi connectivity index (χ1v) is 13.4. The predicted octanol–water partition coefficient (Wildman–Crippen LogP) is 7.55. The van der Waals surface area contributed by atoms with E-state index >= 15 is 0 Å². The van der Waals surface area contributed by atoms with E-state index in [0.717, 1.165) is 33.4 Å². The minimum atomic E-state index is -0.398. The zero-order chi connectivity index (χ0) is 29.8. The fourth-order valence-electron chi connectivity index (χ4n) is 3.97. The van der Waals surface area contributed by atoms with Crippen molar-refractivity contribution in [1.82, 2.24) is 0 Å². The lowest BCUT2D eigenvalue weighted by atomic mass is 9.86. The van der Waals surface area contributed by atoms with Gasteiger partial charge in [-0.3, -0.25) is 9.59 Å². The van der Waals surface area contributed by atoms with Gasteiger partial charge in [-0.15, -0.1) is 0 Å². The van der Waals surface area contributed by atoms with Crippen LogP contribution in [-0.2, 0) is 20.4 Å². The number of ether oxygens (including phenoxy) is 2. The highest BCUT2D eigenvalue weighted by Crippen LogP contribution is 2.29. The van der Waals surface area contributed by atoms with Crippen molar-refractivity contribution in [2.45, 2.75) is 80.1 Å². The minimum absolute atomic E-state index is 0.0937. The standard InChI is InChI=1S/C36H38O4/c1-23-19-27(11-13-29-21-31(35(5,6)7)15-17-33(29)39-25(3)37)28(20-24(23)2)12-14-30-22-32(36(8,9)10)16-18-34(30)40-26(4)38/h15-22H,1-10H3. The zero-order valence-corrected chi connectivity index (χ0v) is 25.3. The first-order chi connectivity index (χ1) is 18.5. The van der Waals surface area contributed by atoms with Gasteiger partial charge < -0.3 is 9.47 Å². The van der Waals surface area contributed by atoms with Gasteiger partial charge >= 0.3 is 11.9 Å². The maximum atomic E-state index is 11.7. The number of esters is 2. The lowest BCUT2D eigenvalue weighted by Gasteiger charge is -2.20. The summed E-state index contributed by atoms with van der Waals surface area (Å²) in [5, 5.41) is 0. The topological polar surface area (TPSA) is 52.6 Å². The van der Waals surface area contributed by atoms with Crippen LogP contribution in [0.25, 0.3) is 0 Å². The fourth-order valence-corrected chi connectivity index (χ4v) is 3.97. The molecule has 0 bridgehead atoms. The van der Waals surface area contributed by atoms with Crippen LogP contribution in [-0.4, -0.2) is 11.9 Å². The van der Waals surface area contributed by atoms with Gasteiger partial charge in [-0.25, -0.2) is 0 Å². The number of hydrogen-bond acceptors (Lipinski definition) is 4. The number of aryl methyl sites for hydroxylation is 2. The highest BCUT2D eigenvalue weighted by Gasteiger charge is 2.17. The summed E-state index contributed by atoms with van der Waals surface area (Å²) in [5.74, 6) is 13.1. The van der Waals surface area contributed by atoms with Crippen LogP contribution in [0.1, 0.15) is 99.9 Å². The molecule has 0 unspecified atom stereocenters. The number of hydrogen-bond donors (Lipinski definition) is 0. The summed E-state index contributed by atoms with van der Waals surface area (Å²) in [5.41, 5.74) is 6.95. The van der Waals surface area contributed by atoms with Crippen molar-refractivity contribution in [2.75, 3.05) is 0 Å². The fraction of sp³-hybridized carbons (Fsp3) is 0.333. The molecule has 0 radical (unpaired) electrons. The first-order valence-electron chi connectivity index (χ1n) is 13.4. The van der Waals surface area contributed by atoms with E-state index in [1.54, 1.807) is 12.1 Å². The van der Waals surface area contributed by atoms with Crippen molar-refractivity contribution in [2.24, 2.45) is 0 Å². The van der Waals surface area contributed by atoms with Gasteiger partial charge in [0.1, 0.15) is 11.5 Å². The van der Waals surface area contributed by atoms with E-state index in [-0.39, 0.29) is 10.8 Å². The van der Waals surface area contributed by atoms with E-state index in [1.165, 1.54) is 13.8 Å². The Balaban J connectivity index is 2.18. The molecule has 0 aliphatic carbocycles. The Morgan fingerprint density at radius 2 is 0.875 bits per heavy atom. The minimum Gasteiger partial charge on any atom is -0.425 e. The van der Waals surface area contributed by atoms with Crippen LogP contribution in [0.15, 0.2) is 48.5 Å². The molecule has 3 aromatic carbocycles. The molecule has 0 saturated carbocycles. The molecule has 0 spiro atoms. The molecule has 0 amide bonds. The quantitative estimate of drug-likeness (QED) is 0.194. The maximum Gasteiger partial charge on any atom is 0.308 e. The Morgan fingerprint density at radius 1 is 0.550 bits per heavy atom. The van der Waals surface area contributed by atoms with Crippen molar-refractivity contribution < 1.29 is 19.1 Å². The maximum absolute atomic E-state index is 11.7. The van der Waals surface area contributed by atoms with Gasteiger partial charge in [0.25, 0.3) is 0 Å². The van der Waals surface area contributed by atoms with E-state index in [2.05, 4.69) is 65.2 Å². The van der Waals surface area contributed by atoms with Gasteiger partial charge in [0.05, 0.1) is 11.1 Å². The summed E-state index contributed by atoms with van der Waals surface area (Å²) < 4.78 is 10.9. The Hall–Kier alpha value is -4.28. The Bertz CT molecular complexity index is 1470. The molecule has 0 aliphatic rings. The van der Waals surface area contributed by atoms with Crippen molar-refractivity contribution in [3.8, 4) is 35.2 Å². The summed E-state index contributed by atoms with van der Waals surface area (Å²) in [6.45, 7) is 19.6. The average molecular weight is 535 g/mol. The largest absolute Gasteiger partial charge is 0.425 e. The summed E-state index contributed by atoms with van der Waals surface area (Å²) in [6.07, 6.45) is 0. The summed E-state index contributed by atoms with van der Waals surface area (Å²) in [4.78, 5) is 23.5. The second-order valence-corrected chi connectivity index (χ2v) is 12.1. The van der Waals surface area contributed by atoms with Crippen molar-refractivity contribution >= 4 is 11.9 Å². The van der Waals surface area contributed by atoms with E-state index in [4.69, 9.17) is 9.47 Å². The van der Waals surface area contributed by atoms with E-state index in [0.29, 0.717) is 22.6 Å². The highest BCUT2D eigenvalue weighted by molar-refractivity contribution is 5.72. The van der Waals surface area contributed by atoms with Crippen LogP contribution < -0.4 is 9.47 Å². The third-order valence-corrected chi connectivity index (χ3v) is 6.50. The van der Waals surface area contributed by atoms with Crippen LogP contribution in [0.2, 0.25) is 0 Å². The van der Waals surface area contributed by atoms with Gasteiger partial charge in [-0.2, -0.15) is 0 Å². The smallest absolute Gasteiger partial charge is 0.308 e. The second kappa shape index (κ2) is 11.8. The molecule has 0 aliphatic heterocycles. The molecular formula is C36H38O4.